The summed E-state index contributed by atoms with van der Waals surface area (Å²) in [5, 5.41) is 40.6. The van der Waals surface area contributed by atoms with Crippen molar-refractivity contribution in [2.45, 2.75) is 64.4 Å². The van der Waals surface area contributed by atoms with Gasteiger partial charge in [-0.25, -0.2) is 9.97 Å². The molecule has 0 bridgehead atoms. The van der Waals surface area contributed by atoms with Gasteiger partial charge in [0, 0.05) is 54.5 Å². The summed E-state index contributed by atoms with van der Waals surface area (Å²) >= 11 is 1.45. The van der Waals surface area contributed by atoms with E-state index in [9.17, 15) is 15.5 Å². The first-order chi connectivity index (χ1) is 17.8. The van der Waals surface area contributed by atoms with Gasteiger partial charge in [0.25, 0.3) is 0 Å². The summed E-state index contributed by atoms with van der Waals surface area (Å²) in [4.78, 5) is 14.6. The first-order valence-corrected chi connectivity index (χ1v) is 14.0. The minimum Gasteiger partial charge on any atom is -0.505 e. The Morgan fingerprint density at radius 3 is 2.86 bits per heavy atom. The number of aliphatic hydroxyl groups is 2. The number of hydrogen-bond acceptors (Lipinski definition) is 10. The second-order valence-corrected chi connectivity index (χ2v) is 11.1. The predicted molar refractivity (Wildman–Crippen MR) is 148 cm³/mol. The number of anilines is 2. The zero-order valence-electron chi connectivity index (χ0n) is 21.7. The molecular formula is C27H37N7O2S. The molecule has 0 saturated carbocycles. The Balaban J connectivity index is 1.62. The Hall–Kier alpha value is -3.00. The first-order valence-electron chi connectivity index (χ1n) is 13.1. The van der Waals surface area contributed by atoms with Gasteiger partial charge < -0.3 is 26.3 Å². The van der Waals surface area contributed by atoms with Gasteiger partial charge in [-0.3, -0.25) is 4.90 Å². The highest BCUT2D eigenvalue weighted by atomic mass is 32.1. The predicted octanol–water partition coefficient (Wildman–Crippen LogP) is 4.09. The Kier molecular flexibility index (Phi) is 8.79. The molecule has 2 aromatic heterocycles. The van der Waals surface area contributed by atoms with Crippen LogP contribution in [0.25, 0.3) is 5.76 Å². The van der Waals surface area contributed by atoms with Crippen molar-refractivity contribution in [3.63, 3.8) is 0 Å². The van der Waals surface area contributed by atoms with Crippen LogP contribution >= 0.6 is 11.3 Å². The normalized spacial score (nSPS) is 19.9. The summed E-state index contributed by atoms with van der Waals surface area (Å²) in [5.74, 6) is 0.306. The SMILES string of the molecule is CCC/C(C(=N)[C@H]1CCCc2sc(N)c(C#N)c21)=C(/O)c1ccnc(N2CCCN(C[C@@H](C)O)CC2)n1. The molecule has 0 radical (unpaired) electrons. The smallest absolute Gasteiger partial charge is 0.226 e. The van der Waals surface area contributed by atoms with Crippen molar-refractivity contribution < 1.29 is 10.2 Å². The van der Waals surface area contributed by atoms with Crippen molar-refractivity contribution in [2.24, 2.45) is 0 Å². The van der Waals surface area contributed by atoms with Crippen LogP contribution in [0.15, 0.2) is 17.8 Å². The molecule has 5 N–H and O–H groups in total. The summed E-state index contributed by atoms with van der Waals surface area (Å²) in [7, 11) is 0. The van der Waals surface area contributed by atoms with E-state index in [1.54, 1.807) is 19.2 Å². The highest BCUT2D eigenvalue weighted by Crippen LogP contribution is 2.44. The minimum absolute atomic E-state index is 0.00915. The number of nitrogens with zero attached hydrogens (tertiary/aromatic N) is 5. The number of aryl methyl sites for hydroxylation is 1. The molecule has 4 rings (SSSR count). The third-order valence-electron chi connectivity index (χ3n) is 7.14. The zero-order chi connectivity index (χ0) is 26.5. The van der Waals surface area contributed by atoms with Gasteiger partial charge in [-0.1, -0.05) is 13.3 Å². The van der Waals surface area contributed by atoms with E-state index in [2.05, 4.69) is 20.9 Å². The number of thiophene rings is 1. The van der Waals surface area contributed by atoms with Crippen molar-refractivity contribution >= 4 is 33.8 Å². The number of aromatic nitrogens is 2. The van der Waals surface area contributed by atoms with Gasteiger partial charge in [0.05, 0.1) is 11.7 Å². The number of nitrogens with two attached hydrogens (primary N) is 1. The van der Waals surface area contributed by atoms with E-state index < -0.39 is 0 Å². The number of nitriles is 1. The molecule has 1 saturated heterocycles. The average Bonchev–Trinajstić information content (AvgIpc) is 3.05. The summed E-state index contributed by atoms with van der Waals surface area (Å²) in [6.45, 7) is 7.72. The van der Waals surface area contributed by atoms with Crippen molar-refractivity contribution in [1.82, 2.24) is 14.9 Å². The number of hydrogen-bond donors (Lipinski definition) is 4. The summed E-state index contributed by atoms with van der Waals surface area (Å²) in [6, 6.07) is 3.94. The van der Waals surface area contributed by atoms with Crippen molar-refractivity contribution in [2.75, 3.05) is 43.4 Å². The van der Waals surface area contributed by atoms with E-state index in [4.69, 9.17) is 16.1 Å². The fourth-order valence-corrected chi connectivity index (χ4v) is 6.56. The van der Waals surface area contributed by atoms with E-state index in [-0.39, 0.29) is 17.8 Å². The maximum absolute atomic E-state index is 11.4. The van der Waals surface area contributed by atoms with Gasteiger partial charge in [-0.2, -0.15) is 5.26 Å². The third kappa shape index (κ3) is 5.95. The van der Waals surface area contributed by atoms with Gasteiger partial charge in [-0.05, 0) is 57.2 Å². The molecule has 198 valence electrons. The molecule has 2 aliphatic rings. The maximum atomic E-state index is 11.4. The maximum Gasteiger partial charge on any atom is 0.226 e. The van der Waals surface area contributed by atoms with Crippen LogP contribution in [0.3, 0.4) is 0 Å². The number of β-amino-alcohol motifs (C(OH)–C–C–N with tert-alkyl or cyclic N) is 1. The molecule has 2 atom stereocenters. The van der Waals surface area contributed by atoms with Crippen LogP contribution in [-0.4, -0.2) is 69.6 Å². The van der Waals surface area contributed by atoms with Gasteiger partial charge in [0.1, 0.15) is 22.5 Å². The van der Waals surface area contributed by atoms with E-state index in [0.29, 0.717) is 46.5 Å². The first kappa shape index (κ1) is 27.0. The fourth-order valence-electron chi connectivity index (χ4n) is 5.44. The molecule has 1 aliphatic carbocycles. The summed E-state index contributed by atoms with van der Waals surface area (Å²) in [5.41, 5.74) is 8.82. The standard InChI is InChI=1S/C27H37N7O2S/c1-3-6-19(24(29)18-7-4-8-22-23(18)20(15-28)26(30)37-22)25(36)21-9-10-31-27(32-21)34-12-5-11-33(13-14-34)16-17(2)35/h9-10,17-18,29,35-36H,3-8,11-14,16,30H2,1-2H3/b25-19-,29-24?/t17-,18+/m1/s1. The lowest BCUT2D eigenvalue weighted by Gasteiger charge is -2.26. The molecule has 1 fully saturated rings. The fraction of sp³-hybridized carbons (Fsp3) is 0.556. The lowest BCUT2D eigenvalue weighted by atomic mass is 9.79. The molecule has 37 heavy (non-hydrogen) atoms. The Bertz CT molecular complexity index is 1200. The number of fused-ring (bicyclic) bond motifs is 1. The second kappa shape index (κ2) is 12.0. The molecule has 10 heteroatoms. The van der Waals surface area contributed by atoms with Crippen molar-refractivity contribution in [3.05, 3.63) is 39.5 Å². The van der Waals surface area contributed by atoms with Crippen LogP contribution in [-0.2, 0) is 6.42 Å². The van der Waals surface area contributed by atoms with Crippen LogP contribution < -0.4 is 10.6 Å². The largest absolute Gasteiger partial charge is 0.505 e. The van der Waals surface area contributed by atoms with E-state index >= 15 is 0 Å². The van der Waals surface area contributed by atoms with Crippen molar-refractivity contribution in [3.8, 4) is 6.07 Å². The van der Waals surface area contributed by atoms with E-state index in [0.717, 1.165) is 68.7 Å². The summed E-state index contributed by atoms with van der Waals surface area (Å²) in [6.07, 6.45) is 6.07. The Morgan fingerprint density at radius 1 is 1.32 bits per heavy atom. The monoisotopic (exact) mass is 523 g/mol. The molecule has 0 spiro atoms. The van der Waals surface area contributed by atoms with Crippen LogP contribution in [0.4, 0.5) is 10.9 Å². The second-order valence-electron chi connectivity index (χ2n) is 9.96. The molecule has 2 aromatic rings. The number of aliphatic hydroxyl groups excluding tert-OH is 2. The average molecular weight is 524 g/mol. The van der Waals surface area contributed by atoms with Crippen LogP contribution in [0.2, 0.25) is 0 Å². The highest BCUT2D eigenvalue weighted by molar-refractivity contribution is 7.16. The number of nitrogens with one attached hydrogen (secondary N) is 1. The quantitative estimate of drug-likeness (QED) is 0.299. The van der Waals surface area contributed by atoms with Crippen LogP contribution in [0.1, 0.15) is 73.6 Å². The number of allylic oxidation sites excluding steroid dienone is 1. The molecule has 9 nitrogen and oxygen atoms in total. The van der Waals surface area contributed by atoms with Crippen LogP contribution in [0.5, 0.6) is 0 Å². The Labute approximate surface area is 222 Å². The number of rotatable bonds is 8. The van der Waals surface area contributed by atoms with Crippen molar-refractivity contribution in [1.29, 1.82) is 10.7 Å². The zero-order valence-corrected chi connectivity index (χ0v) is 22.5. The minimum atomic E-state index is -0.365. The molecule has 0 unspecified atom stereocenters. The van der Waals surface area contributed by atoms with Gasteiger partial charge in [-0.15, -0.1) is 11.3 Å². The third-order valence-corrected chi connectivity index (χ3v) is 8.24. The molecule has 0 aromatic carbocycles. The van der Waals surface area contributed by atoms with Gasteiger partial charge >= 0.3 is 0 Å². The van der Waals surface area contributed by atoms with E-state index in [1.807, 2.05) is 6.92 Å². The van der Waals surface area contributed by atoms with Gasteiger partial charge in [0.15, 0.2) is 0 Å². The Morgan fingerprint density at radius 2 is 2.14 bits per heavy atom. The lowest BCUT2D eigenvalue weighted by molar-refractivity contribution is 0.131. The topological polar surface area (TPSA) is 146 Å². The van der Waals surface area contributed by atoms with Crippen LogP contribution in [0, 0.1) is 16.7 Å². The molecular weight excluding hydrogens is 486 g/mol. The highest BCUT2D eigenvalue weighted by Gasteiger charge is 2.32. The molecule has 3 heterocycles. The summed E-state index contributed by atoms with van der Waals surface area (Å²) < 4.78 is 0. The van der Waals surface area contributed by atoms with Gasteiger partial charge in [0.2, 0.25) is 5.95 Å². The lowest BCUT2D eigenvalue weighted by Crippen LogP contribution is -2.35. The molecule has 1 aliphatic heterocycles. The molecule has 0 amide bonds. The number of nitrogen functional groups attached to an aromatic ring is 1. The van der Waals surface area contributed by atoms with E-state index in [1.165, 1.54) is 11.3 Å².